The van der Waals surface area contributed by atoms with Gasteiger partial charge in [-0.1, -0.05) is 41.8 Å². The number of hydrogen-bond donors (Lipinski definition) is 2. The molecular formula is C24H29F2N3OS. The molecule has 2 rings (SSSR count). The molecule has 166 valence electrons. The zero-order valence-corrected chi connectivity index (χ0v) is 18.9. The minimum atomic E-state index is -0.625. The minimum absolute atomic E-state index is 0.264. The maximum Gasteiger partial charge on any atom is 0.211 e. The van der Waals surface area contributed by atoms with Crippen LogP contribution >= 0.6 is 11.9 Å². The van der Waals surface area contributed by atoms with Crippen LogP contribution in [0.4, 0.5) is 8.78 Å². The van der Waals surface area contributed by atoms with E-state index in [1.54, 1.807) is 25.1 Å². The van der Waals surface area contributed by atoms with E-state index >= 15 is 0 Å². The van der Waals surface area contributed by atoms with E-state index in [0.29, 0.717) is 23.6 Å². The summed E-state index contributed by atoms with van der Waals surface area (Å²) in [5, 5.41) is 2.77. The number of nitrogens with zero attached hydrogens (tertiary/aromatic N) is 1. The maximum absolute atomic E-state index is 13.5. The fourth-order valence-electron chi connectivity index (χ4n) is 3.56. The molecule has 7 heteroatoms. The summed E-state index contributed by atoms with van der Waals surface area (Å²) >= 11 is 1.59. The Morgan fingerprint density at radius 3 is 2.61 bits per heavy atom. The van der Waals surface area contributed by atoms with Crippen molar-refractivity contribution in [1.29, 1.82) is 0 Å². The molecule has 0 saturated heterocycles. The number of carbonyl (C=O) groups excluding carboxylic acids is 1. The molecule has 1 amide bonds. The number of amides is 1. The van der Waals surface area contributed by atoms with Crippen LogP contribution in [-0.4, -0.2) is 31.5 Å². The number of rotatable bonds is 9. The van der Waals surface area contributed by atoms with Crippen LogP contribution in [0.1, 0.15) is 31.7 Å². The van der Waals surface area contributed by atoms with Gasteiger partial charge in [-0.3, -0.25) is 14.5 Å². The molecule has 1 aromatic rings. The van der Waals surface area contributed by atoms with Gasteiger partial charge >= 0.3 is 0 Å². The van der Waals surface area contributed by atoms with Gasteiger partial charge in [-0.25, -0.2) is 8.78 Å². The Bertz CT molecular complexity index is 886. The van der Waals surface area contributed by atoms with Crippen LogP contribution in [0, 0.1) is 17.6 Å². The molecule has 0 aliphatic heterocycles. The largest absolute Gasteiger partial charge is 0.332 e. The average molecular weight is 446 g/mol. The number of nitrogens with one attached hydrogen (secondary N) is 2. The first kappa shape index (κ1) is 24.8. The molecule has 0 aromatic heterocycles. The third-order valence-corrected chi connectivity index (χ3v) is 5.69. The summed E-state index contributed by atoms with van der Waals surface area (Å²) < 4.78 is 30.4. The van der Waals surface area contributed by atoms with Crippen molar-refractivity contribution in [2.24, 2.45) is 10.9 Å². The molecule has 0 heterocycles. The molecule has 2 atom stereocenters. The van der Waals surface area contributed by atoms with Crippen LogP contribution in [0.15, 0.2) is 70.9 Å². The van der Waals surface area contributed by atoms with Crippen molar-refractivity contribution in [3.63, 3.8) is 0 Å². The highest BCUT2D eigenvalue weighted by atomic mass is 32.2. The first-order chi connectivity index (χ1) is 15.0. The molecule has 2 N–H and O–H groups in total. The fourth-order valence-corrected chi connectivity index (χ4v) is 4.14. The van der Waals surface area contributed by atoms with Crippen molar-refractivity contribution < 1.29 is 13.6 Å². The van der Waals surface area contributed by atoms with E-state index in [2.05, 4.69) is 34.1 Å². The number of halogens is 2. The third kappa shape index (κ3) is 7.92. The van der Waals surface area contributed by atoms with Crippen LogP contribution in [0.3, 0.4) is 0 Å². The normalized spacial score (nSPS) is 23.7. The van der Waals surface area contributed by atoms with Gasteiger partial charge in [0.05, 0.1) is 5.71 Å². The van der Waals surface area contributed by atoms with Crippen LogP contribution in [0.2, 0.25) is 0 Å². The number of carbonyl (C=O) groups is 1. The van der Waals surface area contributed by atoms with Gasteiger partial charge in [-0.15, -0.1) is 0 Å². The van der Waals surface area contributed by atoms with Crippen LogP contribution < -0.4 is 10.0 Å². The molecule has 0 bridgehead atoms. The Balaban J connectivity index is 2.09. The van der Waals surface area contributed by atoms with Crippen LogP contribution in [-0.2, 0) is 4.79 Å². The first-order valence-electron chi connectivity index (χ1n) is 10.1. The molecule has 0 saturated carbocycles. The van der Waals surface area contributed by atoms with E-state index in [1.165, 1.54) is 17.7 Å². The lowest BCUT2D eigenvalue weighted by molar-refractivity contribution is -0.109. The Morgan fingerprint density at radius 2 is 1.97 bits per heavy atom. The molecule has 1 aliphatic carbocycles. The Hall–Kier alpha value is -2.51. The highest BCUT2D eigenvalue weighted by Gasteiger charge is 2.23. The summed E-state index contributed by atoms with van der Waals surface area (Å²) in [7, 11) is 1.59. The summed E-state index contributed by atoms with van der Waals surface area (Å²) in [6.45, 7) is 2.10. The second kappa shape index (κ2) is 13.0. The molecule has 2 unspecified atom stereocenters. The number of allylic oxidation sites excluding steroid dienone is 7. The monoisotopic (exact) mass is 445 g/mol. The van der Waals surface area contributed by atoms with Crippen LogP contribution in [0.5, 0.6) is 0 Å². The Labute approximate surface area is 187 Å². The fraction of sp³-hybridized carbons (Fsp3) is 0.333. The molecule has 1 aliphatic rings. The highest BCUT2D eigenvalue weighted by Crippen LogP contribution is 2.27. The first-order valence-corrected chi connectivity index (χ1v) is 11.3. The summed E-state index contributed by atoms with van der Waals surface area (Å²) in [6.07, 6.45) is 16.9. The molecule has 4 nitrogen and oxygen atoms in total. The Morgan fingerprint density at radius 1 is 1.23 bits per heavy atom. The van der Waals surface area contributed by atoms with E-state index in [9.17, 15) is 13.6 Å². The van der Waals surface area contributed by atoms with Gasteiger partial charge in [0, 0.05) is 30.4 Å². The molecule has 31 heavy (non-hydrogen) atoms. The van der Waals surface area contributed by atoms with Crippen molar-refractivity contribution in [1.82, 2.24) is 10.0 Å². The third-order valence-electron chi connectivity index (χ3n) is 5.15. The average Bonchev–Trinajstić information content (AvgIpc) is 2.72. The summed E-state index contributed by atoms with van der Waals surface area (Å²) in [5.41, 5.74) is 3.06. The molecular weight excluding hydrogens is 416 g/mol. The van der Waals surface area contributed by atoms with E-state index in [4.69, 9.17) is 0 Å². The Kier molecular flexibility index (Phi) is 10.4. The van der Waals surface area contributed by atoms with Gasteiger partial charge in [-0.05, 0) is 62.6 Å². The molecule has 0 radical (unpaired) electrons. The van der Waals surface area contributed by atoms with E-state index in [0.717, 1.165) is 31.0 Å². The molecule has 0 fully saturated rings. The van der Waals surface area contributed by atoms with Gasteiger partial charge < -0.3 is 5.32 Å². The summed E-state index contributed by atoms with van der Waals surface area (Å²) in [4.78, 5) is 14.9. The lowest BCUT2D eigenvalue weighted by Gasteiger charge is -2.29. The van der Waals surface area contributed by atoms with Gasteiger partial charge in [0.1, 0.15) is 11.6 Å². The number of aliphatic imine (C=N–C) groups is 1. The van der Waals surface area contributed by atoms with E-state index < -0.39 is 11.6 Å². The SMILES string of the molecule is CN=C(/C=C\C=C\CC1/C(C)=C\C=C(/NC=O)CCC1NSC)c1cc(F)cc(F)c1. The van der Waals surface area contributed by atoms with Crippen molar-refractivity contribution in [2.75, 3.05) is 13.3 Å². The van der Waals surface area contributed by atoms with Crippen molar-refractivity contribution in [3.05, 3.63) is 83.1 Å². The minimum Gasteiger partial charge on any atom is -0.332 e. The zero-order valence-electron chi connectivity index (χ0n) is 18.1. The van der Waals surface area contributed by atoms with Crippen molar-refractivity contribution in [3.8, 4) is 0 Å². The predicted molar refractivity (Wildman–Crippen MR) is 126 cm³/mol. The second-order valence-corrected chi connectivity index (χ2v) is 7.87. The van der Waals surface area contributed by atoms with Crippen LogP contribution in [0.25, 0.3) is 0 Å². The van der Waals surface area contributed by atoms with Gasteiger partial charge in [-0.2, -0.15) is 0 Å². The molecule has 0 spiro atoms. The smallest absolute Gasteiger partial charge is 0.211 e. The second-order valence-electron chi connectivity index (χ2n) is 7.23. The van der Waals surface area contributed by atoms with Gasteiger partial charge in [0.25, 0.3) is 0 Å². The van der Waals surface area contributed by atoms with Gasteiger partial charge in [0.15, 0.2) is 0 Å². The number of hydrogen-bond acceptors (Lipinski definition) is 4. The van der Waals surface area contributed by atoms with Crippen molar-refractivity contribution >= 4 is 24.1 Å². The van der Waals surface area contributed by atoms with Gasteiger partial charge in [0.2, 0.25) is 6.41 Å². The van der Waals surface area contributed by atoms with E-state index in [1.807, 2.05) is 24.5 Å². The highest BCUT2D eigenvalue weighted by molar-refractivity contribution is 7.96. The summed E-state index contributed by atoms with van der Waals surface area (Å²) in [6, 6.07) is 3.64. The maximum atomic E-state index is 13.5. The number of benzene rings is 1. The lowest BCUT2D eigenvalue weighted by Crippen LogP contribution is -2.33. The zero-order chi connectivity index (χ0) is 22.6. The molecule has 1 aromatic carbocycles. The topological polar surface area (TPSA) is 53.5 Å². The summed E-state index contributed by atoms with van der Waals surface area (Å²) in [5.74, 6) is -0.943. The predicted octanol–water partition coefficient (Wildman–Crippen LogP) is 5.11. The quantitative estimate of drug-likeness (QED) is 0.240. The lowest BCUT2D eigenvalue weighted by atomic mass is 9.85. The van der Waals surface area contributed by atoms with E-state index in [-0.39, 0.29) is 6.04 Å². The van der Waals surface area contributed by atoms with Crippen molar-refractivity contribution in [2.45, 2.75) is 32.2 Å². The standard InChI is InChI=1S/C24H29F2N3OS/c1-17-9-10-21(28-16-30)11-12-24(29-31-3)22(17)7-5-4-6-8-23(27-2)18-13-19(25)15-20(26)14-18/h4-6,8-10,13-16,22,24,29H,7,11-12H2,1-3H3,(H,28,30)/b5-4+,8-6-,17-9-,21-10-,27-23?.